The molecule has 1 aromatic rings. The minimum Gasteiger partial charge on any atom is -0.309 e. The van der Waals surface area contributed by atoms with Gasteiger partial charge in [0, 0.05) is 31.2 Å². The molecule has 6 heteroatoms. The summed E-state index contributed by atoms with van der Waals surface area (Å²) in [6.07, 6.45) is 0.752. The van der Waals surface area contributed by atoms with Crippen LogP contribution in [-0.4, -0.2) is 37.1 Å². The van der Waals surface area contributed by atoms with E-state index in [1.54, 1.807) is 30.3 Å². The molecular formula is C16H25FN2O2S. The van der Waals surface area contributed by atoms with E-state index in [4.69, 9.17) is 0 Å². The van der Waals surface area contributed by atoms with Crippen LogP contribution >= 0.6 is 0 Å². The van der Waals surface area contributed by atoms with Crippen molar-refractivity contribution in [2.45, 2.75) is 45.0 Å². The summed E-state index contributed by atoms with van der Waals surface area (Å²) in [6.45, 7) is 6.99. The van der Waals surface area contributed by atoms with Crippen molar-refractivity contribution in [3.63, 3.8) is 0 Å². The molecule has 0 saturated carbocycles. The number of hydrogen-bond acceptors (Lipinski definition) is 3. The summed E-state index contributed by atoms with van der Waals surface area (Å²) in [7, 11) is -3.18. The molecule has 0 aromatic heterocycles. The van der Waals surface area contributed by atoms with Crippen LogP contribution in [0.3, 0.4) is 0 Å². The quantitative estimate of drug-likeness (QED) is 0.903. The molecule has 1 aromatic carbocycles. The first kappa shape index (κ1) is 17.4. The topological polar surface area (TPSA) is 49.4 Å². The van der Waals surface area contributed by atoms with E-state index in [1.807, 2.05) is 13.0 Å². The van der Waals surface area contributed by atoms with Crippen LogP contribution in [-0.2, 0) is 16.6 Å². The molecule has 0 radical (unpaired) electrons. The van der Waals surface area contributed by atoms with Crippen LogP contribution in [0.25, 0.3) is 0 Å². The minimum atomic E-state index is -3.18. The highest BCUT2D eigenvalue weighted by molar-refractivity contribution is 7.89. The number of nitrogens with one attached hydrogen (secondary N) is 1. The highest BCUT2D eigenvalue weighted by Crippen LogP contribution is 2.22. The lowest BCUT2D eigenvalue weighted by Gasteiger charge is -2.37. The summed E-state index contributed by atoms with van der Waals surface area (Å²) in [4.78, 5) is 0. The molecule has 1 saturated heterocycles. The number of nitrogens with zero attached hydrogens (tertiary/aromatic N) is 1. The Balaban J connectivity index is 1.93. The molecule has 124 valence electrons. The van der Waals surface area contributed by atoms with Gasteiger partial charge >= 0.3 is 0 Å². The van der Waals surface area contributed by atoms with Crippen molar-refractivity contribution in [3.05, 3.63) is 35.6 Å². The maximum absolute atomic E-state index is 13.6. The molecule has 1 heterocycles. The van der Waals surface area contributed by atoms with Gasteiger partial charge in [0.15, 0.2) is 0 Å². The van der Waals surface area contributed by atoms with Crippen LogP contribution < -0.4 is 5.32 Å². The highest BCUT2D eigenvalue weighted by atomic mass is 32.2. The monoisotopic (exact) mass is 328 g/mol. The number of rotatable bonds is 5. The predicted octanol–water partition coefficient (Wildman–Crippen LogP) is 2.36. The summed E-state index contributed by atoms with van der Waals surface area (Å²) in [5.74, 6) is -0.00322. The Kier molecular flexibility index (Phi) is 5.58. The zero-order chi connectivity index (χ0) is 16.3. The van der Waals surface area contributed by atoms with Crippen LogP contribution in [0.2, 0.25) is 0 Å². The Hall–Kier alpha value is -0.980. The fourth-order valence-electron chi connectivity index (χ4n) is 2.82. The number of hydrogen-bond donors (Lipinski definition) is 1. The first-order valence-electron chi connectivity index (χ1n) is 7.78. The van der Waals surface area contributed by atoms with Gasteiger partial charge in [0.05, 0.1) is 5.25 Å². The molecule has 2 rings (SSSR count). The van der Waals surface area contributed by atoms with Crippen molar-refractivity contribution in [2.24, 2.45) is 5.92 Å². The maximum Gasteiger partial charge on any atom is 0.216 e. The Morgan fingerprint density at radius 1 is 1.36 bits per heavy atom. The largest absolute Gasteiger partial charge is 0.309 e. The third-order valence-corrected chi connectivity index (χ3v) is 6.58. The molecule has 1 fully saturated rings. The van der Waals surface area contributed by atoms with Crippen molar-refractivity contribution in [1.29, 1.82) is 0 Å². The van der Waals surface area contributed by atoms with Crippen molar-refractivity contribution >= 4 is 10.0 Å². The lowest BCUT2D eigenvalue weighted by Crippen LogP contribution is -2.51. The van der Waals surface area contributed by atoms with Gasteiger partial charge in [-0.3, -0.25) is 0 Å². The van der Waals surface area contributed by atoms with E-state index >= 15 is 0 Å². The van der Waals surface area contributed by atoms with Gasteiger partial charge in [0.25, 0.3) is 0 Å². The average molecular weight is 328 g/mol. The van der Waals surface area contributed by atoms with E-state index in [0.717, 1.165) is 6.42 Å². The third-order valence-electron chi connectivity index (χ3n) is 4.34. The van der Waals surface area contributed by atoms with Crippen molar-refractivity contribution in [3.8, 4) is 0 Å². The van der Waals surface area contributed by atoms with Crippen molar-refractivity contribution in [2.75, 3.05) is 13.1 Å². The van der Waals surface area contributed by atoms with Crippen LogP contribution in [0, 0.1) is 11.7 Å². The lowest BCUT2D eigenvalue weighted by molar-refractivity contribution is 0.218. The Labute approximate surface area is 132 Å². The Morgan fingerprint density at radius 3 is 2.64 bits per heavy atom. The van der Waals surface area contributed by atoms with Gasteiger partial charge < -0.3 is 5.32 Å². The standard InChI is InChI=1S/C16H25FN2O2S/c1-12(2)22(20,21)19-9-8-16(13(3)11-19)18-10-14-6-4-5-7-15(14)17/h4-7,12-13,16,18H,8-11H2,1-3H3/t13-,16+/m1/s1. The summed E-state index contributed by atoms with van der Waals surface area (Å²) in [6, 6.07) is 6.93. The molecule has 0 spiro atoms. The maximum atomic E-state index is 13.6. The second kappa shape index (κ2) is 7.06. The first-order chi connectivity index (χ1) is 10.3. The molecule has 2 atom stereocenters. The summed E-state index contributed by atoms with van der Waals surface area (Å²) in [5.41, 5.74) is 0.645. The van der Waals surface area contributed by atoms with Gasteiger partial charge in [-0.25, -0.2) is 17.1 Å². The van der Waals surface area contributed by atoms with Gasteiger partial charge in [0.2, 0.25) is 10.0 Å². The SMILES string of the molecule is CC(C)S(=O)(=O)N1CC[C@H](NCc2ccccc2F)[C@H](C)C1. The zero-order valence-corrected chi connectivity index (χ0v) is 14.2. The molecule has 22 heavy (non-hydrogen) atoms. The molecule has 4 nitrogen and oxygen atoms in total. The smallest absolute Gasteiger partial charge is 0.216 e. The number of piperidine rings is 1. The van der Waals surface area contributed by atoms with E-state index in [-0.39, 0.29) is 23.0 Å². The van der Waals surface area contributed by atoms with E-state index in [9.17, 15) is 12.8 Å². The van der Waals surface area contributed by atoms with Gasteiger partial charge in [0.1, 0.15) is 5.82 Å². The Bertz CT molecular complexity index is 604. The Morgan fingerprint density at radius 2 is 2.05 bits per heavy atom. The minimum absolute atomic E-state index is 0.203. The molecule has 1 N–H and O–H groups in total. The number of sulfonamides is 1. The molecule has 0 unspecified atom stereocenters. The third kappa shape index (κ3) is 3.86. The van der Waals surface area contributed by atoms with Crippen molar-refractivity contribution in [1.82, 2.24) is 9.62 Å². The van der Waals surface area contributed by atoms with Gasteiger partial charge in [-0.05, 0) is 32.3 Å². The number of benzene rings is 1. The molecule has 0 bridgehead atoms. The summed E-state index contributed by atoms with van der Waals surface area (Å²) in [5, 5.41) is 2.98. The van der Waals surface area contributed by atoms with Crippen LogP contribution in [0.15, 0.2) is 24.3 Å². The van der Waals surface area contributed by atoms with E-state index in [0.29, 0.717) is 25.2 Å². The van der Waals surface area contributed by atoms with Crippen LogP contribution in [0.5, 0.6) is 0 Å². The van der Waals surface area contributed by atoms with Crippen molar-refractivity contribution < 1.29 is 12.8 Å². The van der Waals surface area contributed by atoms with E-state index in [2.05, 4.69) is 5.32 Å². The zero-order valence-electron chi connectivity index (χ0n) is 13.4. The number of halogens is 1. The summed E-state index contributed by atoms with van der Waals surface area (Å²) >= 11 is 0. The fourth-order valence-corrected chi connectivity index (χ4v) is 4.22. The van der Waals surface area contributed by atoms with Gasteiger partial charge in [-0.2, -0.15) is 0 Å². The van der Waals surface area contributed by atoms with Gasteiger partial charge in [-0.15, -0.1) is 0 Å². The van der Waals surface area contributed by atoms with E-state index in [1.165, 1.54) is 6.07 Å². The molecule has 0 aliphatic carbocycles. The molecule has 1 aliphatic heterocycles. The lowest BCUT2D eigenvalue weighted by atomic mass is 9.95. The fraction of sp³-hybridized carbons (Fsp3) is 0.625. The van der Waals surface area contributed by atoms with E-state index < -0.39 is 10.0 Å². The molecule has 0 amide bonds. The van der Waals surface area contributed by atoms with Crippen LogP contribution in [0.1, 0.15) is 32.8 Å². The van der Waals surface area contributed by atoms with Crippen LogP contribution in [0.4, 0.5) is 4.39 Å². The first-order valence-corrected chi connectivity index (χ1v) is 9.28. The second-order valence-electron chi connectivity index (χ2n) is 6.30. The second-order valence-corrected chi connectivity index (χ2v) is 8.79. The molecule has 1 aliphatic rings. The highest BCUT2D eigenvalue weighted by Gasteiger charge is 2.33. The predicted molar refractivity (Wildman–Crippen MR) is 86.4 cm³/mol. The molecular weight excluding hydrogens is 303 g/mol. The normalized spacial score (nSPS) is 23.9. The average Bonchev–Trinajstić information content (AvgIpc) is 2.47. The van der Waals surface area contributed by atoms with Gasteiger partial charge in [-0.1, -0.05) is 25.1 Å². The summed E-state index contributed by atoms with van der Waals surface area (Å²) < 4.78 is 39.6.